The number of rotatable bonds is 21. The monoisotopic (exact) mass is 613 g/mol. The Morgan fingerprint density at radius 2 is 1.02 bits per heavy atom. The van der Waals surface area contributed by atoms with Crippen molar-refractivity contribution in [3.05, 3.63) is 0 Å². The minimum atomic E-state index is 0.916. The molecule has 7 atom stereocenters. The second-order valence-corrected chi connectivity index (χ2v) is 17.7. The summed E-state index contributed by atoms with van der Waals surface area (Å²) in [5.74, 6) is 11.9. The van der Waals surface area contributed by atoms with Crippen LogP contribution in [0.3, 0.4) is 0 Å². The van der Waals surface area contributed by atoms with E-state index < -0.39 is 0 Å². The predicted molar refractivity (Wildman–Crippen MR) is 198 cm³/mol. The Hall–Kier alpha value is 0. The van der Waals surface area contributed by atoms with Crippen molar-refractivity contribution < 1.29 is 0 Å². The van der Waals surface area contributed by atoms with Crippen molar-refractivity contribution in [2.45, 2.75) is 209 Å². The van der Waals surface area contributed by atoms with Crippen LogP contribution in [0.5, 0.6) is 0 Å². The normalized spacial score (nSPS) is 30.0. The molecule has 0 aromatic carbocycles. The van der Waals surface area contributed by atoms with Gasteiger partial charge >= 0.3 is 0 Å². The van der Waals surface area contributed by atoms with Crippen LogP contribution in [-0.4, -0.2) is 0 Å². The van der Waals surface area contributed by atoms with Crippen molar-refractivity contribution in [3.63, 3.8) is 0 Å². The van der Waals surface area contributed by atoms with Gasteiger partial charge in [-0.2, -0.15) is 0 Å². The molecule has 0 amide bonds. The molecule has 0 aromatic rings. The molecular formula is C44H84. The lowest BCUT2D eigenvalue weighted by molar-refractivity contribution is 0.0407. The standard InChI is InChI=1S/C44H84/c1-9-16-36(31-35(8)25-30-43(38-19-14-15-20-38)39-26-21-33(6)22-27-39)32-41(18-11-3)44(40-28-23-34(7)24-29-40)42(13-5)37(12-4)17-10-2/h33-44H,9-32H2,1-8H3. The van der Waals surface area contributed by atoms with Gasteiger partial charge < -0.3 is 0 Å². The van der Waals surface area contributed by atoms with Crippen molar-refractivity contribution in [1.82, 2.24) is 0 Å². The molecule has 0 N–H and O–H groups in total. The van der Waals surface area contributed by atoms with Crippen LogP contribution in [0.15, 0.2) is 0 Å². The lowest BCUT2D eigenvalue weighted by Gasteiger charge is -2.45. The second-order valence-electron chi connectivity index (χ2n) is 17.7. The summed E-state index contributed by atoms with van der Waals surface area (Å²) in [6.45, 7) is 20.2. The lowest BCUT2D eigenvalue weighted by Crippen LogP contribution is -2.37. The highest BCUT2D eigenvalue weighted by atomic mass is 14.4. The zero-order valence-corrected chi connectivity index (χ0v) is 31.9. The predicted octanol–water partition coefficient (Wildman–Crippen LogP) is 14.9. The Labute approximate surface area is 279 Å². The lowest BCUT2D eigenvalue weighted by atomic mass is 9.60. The van der Waals surface area contributed by atoms with Crippen LogP contribution in [0, 0.1) is 71.0 Å². The van der Waals surface area contributed by atoms with Crippen molar-refractivity contribution >= 4 is 0 Å². The van der Waals surface area contributed by atoms with Crippen LogP contribution in [0.2, 0.25) is 0 Å². The Balaban J connectivity index is 1.72. The Bertz CT molecular complexity index is 687. The Morgan fingerprint density at radius 1 is 0.500 bits per heavy atom. The molecule has 3 saturated carbocycles. The number of hydrogen-bond acceptors (Lipinski definition) is 0. The highest BCUT2D eigenvalue weighted by molar-refractivity contribution is 4.90. The summed E-state index contributed by atoms with van der Waals surface area (Å²) in [6, 6.07) is 0. The molecule has 0 bridgehead atoms. The van der Waals surface area contributed by atoms with Gasteiger partial charge in [0.25, 0.3) is 0 Å². The van der Waals surface area contributed by atoms with E-state index >= 15 is 0 Å². The molecule has 3 rings (SSSR count). The van der Waals surface area contributed by atoms with Crippen LogP contribution in [-0.2, 0) is 0 Å². The summed E-state index contributed by atoms with van der Waals surface area (Å²) >= 11 is 0. The number of hydrogen-bond donors (Lipinski definition) is 0. The maximum Gasteiger partial charge on any atom is -0.0326 e. The van der Waals surface area contributed by atoms with Crippen molar-refractivity contribution in [1.29, 1.82) is 0 Å². The zero-order chi connectivity index (χ0) is 31.9. The van der Waals surface area contributed by atoms with E-state index in [-0.39, 0.29) is 0 Å². The average Bonchev–Trinajstić information content (AvgIpc) is 3.55. The summed E-state index contributed by atoms with van der Waals surface area (Å²) < 4.78 is 0. The van der Waals surface area contributed by atoms with E-state index in [1.807, 2.05) is 0 Å². The molecule has 0 heterocycles. The third-order valence-electron chi connectivity index (χ3n) is 14.3. The van der Waals surface area contributed by atoms with Crippen molar-refractivity contribution in [2.24, 2.45) is 71.0 Å². The molecule has 0 spiro atoms. The van der Waals surface area contributed by atoms with Crippen molar-refractivity contribution in [3.8, 4) is 0 Å². The first-order valence-corrected chi connectivity index (χ1v) is 21.3. The first kappa shape index (κ1) is 38.4. The molecule has 0 nitrogen and oxygen atoms in total. The largest absolute Gasteiger partial charge is 0.0654 e. The van der Waals surface area contributed by atoms with Gasteiger partial charge in [0, 0.05) is 0 Å². The molecule has 7 unspecified atom stereocenters. The Kier molecular flexibility index (Phi) is 18.4. The van der Waals surface area contributed by atoms with E-state index in [0.29, 0.717) is 0 Å². The third-order valence-corrected chi connectivity index (χ3v) is 14.3. The first-order chi connectivity index (χ1) is 21.3. The minimum Gasteiger partial charge on any atom is -0.0654 e. The molecule has 0 heteroatoms. The minimum absolute atomic E-state index is 0.916. The summed E-state index contributed by atoms with van der Waals surface area (Å²) in [6.07, 6.45) is 35.9. The molecule has 44 heavy (non-hydrogen) atoms. The zero-order valence-electron chi connectivity index (χ0n) is 31.9. The van der Waals surface area contributed by atoms with E-state index in [9.17, 15) is 0 Å². The van der Waals surface area contributed by atoms with E-state index in [1.165, 1.54) is 116 Å². The Morgan fingerprint density at radius 3 is 1.55 bits per heavy atom. The van der Waals surface area contributed by atoms with Crippen LogP contribution in [0.4, 0.5) is 0 Å². The summed E-state index contributed by atoms with van der Waals surface area (Å²) in [7, 11) is 0. The third kappa shape index (κ3) is 11.9. The van der Waals surface area contributed by atoms with E-state index in [1.54, 1.807) is 38.5 Å². The molecule has 260 valence electrons. The van der Waals surface area contributed by atoms with Crippen molar-refractivity contribution in [2.75, 3.05) is 0 Å². The second kappa shape index (κ2) is 21.1. The van der Waals surface area contributed by atoms with Gasteiger partial charge in [-0.05, 0) is 116 Å². The van der Waals surface area contributed by atoms with Gasteiger partial charge in [-0.1, -0.05) is 165 Å². The van der Waals surface area contributed by atoms with Gasteiger partial charge in [-0.25, -0.2) is 0 Å². The maximum atomic E-state index is 2.68. The van der Waals surface area contributed by atoms with Gasteiger partial charge in [0.1, 0.15) is 0 Å². The van der Waals surface area contributed by atoms with Crippen LogP contribution < -0.4 is 0 Å². The molecule has 0 aliphatic heterocycles. The van der Waals surface area contributed by atoms with E-state index in [0.717, 1.165) is 71.0 Å². The first-order valence-electron chi connectivity index (χ1n) is 21.3. The van der Waals surface area contributed by atoms with E-state index in [2.05, 4.69) is 55.4 Å². The van der Waals surface area contributed by atoms with Gasteiger partial charge in [0.15, 0.2) is 0 Å². The SMILES string of the molecule is CCCC(CC(C)CCC(C1CCCC1)C1CCC(C)CC1)CC(CCC)C(C1CCC(C)CC1)C(CC)C(CC)CCC. The fraction of sp³-hybridized carbons (Fsp3) is 1.00. The van der Waals surface area contributed by atoms with Gasteiger partial charge in [-0.15, -0.1) is 0 Å². The molecule has 3 fully saturated rings. The summed E-state index contributed by atoms with van der Waals surface area (Å²) in [4.78, 5) is 0. The van der Waals surface area contributed by atoms with E-state index in [4.69, 9.17) is 0 Å². The van der Waals surface area contributed by atoms with Crippen LogP contribution >= 0.6 is 0 Å². The summed E-state index contributed by atoms with van der Waals surface area (Å²) in [5.41, 5.74) is 0. The topological polar surface area (TPSA) is 0 Å². The van der Waals surface area contributed by atoms with Crippen LogP contribution in [0.25, 0.3) is 0 Å². The quantitative estimate of drug-likeness (QED) is 0.121. The molecule has 0 saturated heterocycles. The summed E-state index contributed by atoms with van der Waals surface area (Å²) in [5, 5.41) is 0. The average molecular weight is 613 g/mol. The van der Waals surface area contributed by atoms with Gasteiger partial charge in [0.2, 0.25) is 0 Å². The highest BCUT2D eigenvalue weighted by Crippen LogP contribution is 2.49. The smallest absolute Gasteiger partial charge is 0.0326 e. The van der Waals surface area contributed by atoms with Crippen LogP contribution in [0.1, 0.15) is 209 Å². The molecule has 0 aromatic heterocycles. The molecule has 3 aliphatic carbocycles. The van der Waals surface area contributed by atoms with Gasteiger partial charge in [0.05, 0.1) is 0 Å². The highest BCUT2D eigenvalue weighted by Gasteiger charge is 2.40. The van der Waals surface area contributed by atoms with Gasteiger partial charge in [-0.3, -0.25) is 0 Å². The molecule has 0 radical (unpaired) electrons. The fourth-order valence-corrected chi connectivity index (χ4v) is 11.9. The fourth-order valence-electron chi connectivity index (χ4n) is 11.9. The molecule has 3 aliphatic rings. The maximum absolute atomic E-state index is 2.68. The molecular weight excluding hydrogens is 528 g/mol.